The fourth-order valence-corrected chi connectivity index (χ4v) is 4.41. The third kappa shape index (κ3) is 3.26. The summed E-state index contributed by atoms with van der Waals surface area (Å²) in [6.07, 6.45) is -4.03. The van der Waals surface area contributed by atoms with E-state index in [1.165, 1.54) is 6.07 Å². The minimum atomic E-state index is -1.29. The molecule has 4 rings (SSSR count). The van der Waals surface area contributed by atoms with Gasteiger partial charge in [-0.3, -0.25) is 0 Å². The van der Waals surface area contributed by atoms with Gasteiger partial charge in [-0.1, -0.05) is 24.3 Å². The van der Waals surface area contributed by atoms with Gasteiger partial charge in [0.2, 0.25) is 0 Å². The van der Waals surface area contributed by atoms with E-state index in [4.69, 9.17) is 4.74 Å². The summed E-state index contributed by atoms with van der Waals surface area (Å²) in [6, 6.07) is 14.6. The Hall–Kier alpha value is -1.83. The van der Waals surface area contributed by atoms with Gasteiger partial charge >= 0.3 is 0 Å². The van der Waals surface area contributed by atoms with Gasteiger partial charge in [0.15, 0.2) is 0 Å². The largest absolute Gasteiger partial charge is 0.388 e. The van der Waals surface area contributed by atoms with Gasteiger partial charge in [0.1, 0.15) is 30.2 Å². The second-order valence-corrected chi connectivity index (χ2v) is 7.75. The van der Waals surface area contributed by atoms with Crippen LogP contribution < -0.4 is 0 Å². The van der Waals surface area contributed by atoms with Gasteiger partial charge in [-0.2, -0.15) is 0 Å². The van der Waals surface area contributed by atoms with Crippen LogP contribution in [-0.2, 0) is 11.2 Å². The molecule has 0 spiro atoms. The molecular weight excluding hydrogens is 355 g/mol. The van der Waals surface area contributed by atoms with Crippen LogP contribution >= 0.6 is 11.3 Å². The summed E-state index contributed by atoms with van der Waals surface area (Å²) in [5, 5.41) is 30.8. The van der Waals surface area contributed by atoms with Crippen molar-refractivity contribution in [2.45, 2.75) is 30.8 Å². The van der Waals surface area contributed by atoms with Crippen LogP contribution in [0.2, 0.25) is 0 Å². The standard InChI is InChI=1S/C20H19FO4S/c21-15-6-5-12(20-19(24)18(23)16(22)10-25-20)7-13(15)9-14-8-11-3-1-2-4-17(11)26-14/h1-8,16,18-20,22-24H,9-10H2/t16-,18+,19-,20+/m1/s1. The quantitative estimate of drug-likeness (QED) is 0.659. The average Bonchev–Trinajstić information content (AvgIpc) is 3.04. The van der Waals surface area contributed by atoms with Crippen molar-refractivity contribution in [1.29, 1.82) is 0 Å². The molecule has 0 amide bonds. The number of benzene rings is 2. The first-order valence-electron chi connectivity index (χ1n) is 8.44. The topological polar surface area (TPSA) is 69.9 Å². The molecule has 136 valence electrons. The molecule has 0 aliphatic carbocycles. The lowest BCUT2D eigenvalue weighted by atomic mass is 9.93. The zero-order chi connectivity index (χ0) is 18.3. The highest BCUT2D eigenvalue weighted by Crippen LogP contribution is 2.32. The molecule has 0 saturated carbocycles. The SMILES string of the molecule is O[C@@H]1[C@@H](O)[C@H](c2ccc(F)c(Cc3cc4ccccc4s3)c2)OC[C@H]1O. The van der Waals surface area contributed by atoms with E-state index in [2.05, 4.69) is 6.07 Å². The molecule has 6 heteroatoms. The summed E-state index contributed by atoms with van der Waals surface area (Å²) in [5.74, 6) is -0.322. The summed E-state index contributed by atoms with van der Waals surface area (Å²) in [6.45, 7) is -0.0775. The summed E-state index contributed by atoms with van der Waals surface area (Å²) in [7, 11) is 0. The molecule has 3 aromatic rings. The number of aliphatic hydroxyl groups is 3. The zero-order valence-electron chi connectivity index (χ0n) is 13.9. The summed E-state index contributed by atoms with van der Waals surface area (Å²) in [4.78, 5) is 1.04. The first-order chi connectivity index (χ1) is 12.5. The van der Waals surface area contributed by atoms with E-state index in [1.807, 2.05) is 24.3 Å². The fraction of sp³-hybridized carbons (Fsp3) is 0.300. The predicted molar refractivity (Wildman–Crippen MR) is 97.7 cm³/mol. The predicted octanol–water partition coefficient (Wildman–Crippen LogP) is 2.79. The van der Waals surface area contributed by atoms with Crippen molar-refractivity contribution in [3.05, 3.63) is 70.4 Å². The number of aliphatic hydroxyl groups excluding tert-OH is 3. The van der Waals surface area contributed by atoms with Gasteiger partial charge < -0.3 is 20.1 Å². The Morgan fingerprint density at radius 2 is 1.85 bits per heavy atom. The highest BCUT2D eigenvalue weighted by molar-refractivity contribution is 7.19. The van der Waals surface area contributed by atoms with E-state index >= 15 is 0 Å². The molecule has 4 atom stereocenters. The summed E-state index contributed by atoms with van der Waals surface area (Å²) in [5.41, 5.74) is 1.09. The molecule has 0 bridgehead atoms. The van der Waals surface area contributed by atoms with Crippen molar-refractivity contribution in [2.24, 2.45) is 0 Å². The molecule has 26 heavy (non-hydrogen) atoms. The van der Waals surface area contributed by atoms with Crippen LogP contribution in [0.3, 0.4) is 0 Å². The smallest absolute Gasteiger partial charge is 0.126 e. The lowest BCUT2D eigenvalue weighted by Crippen LogP contribution is -2.49. The van der Waals surface area contributed by atoms with Gasteiger partial charge in [-0.25, -0.2) is 4.39 Å². The molecule has 1 fully saturated rings. The second kappa shape index (κ2) is 7.06. The van der Waals surface area contributed by atoms with Crippen LogP contribution in [0, 0.1) is 5.82 Å². The molecule has 2 heterocycles. The van der Waals surface area contributed by atoms with Crippen molar-refractivity contribution in [3.8, 4) is 0 Å². The summed E-state index contributed by atoms with van der Waals surface area (Å²) < 4.78 is 21.0. The number of rotatable bonds is 3. The van der Waals surface area contributed by atoms with E-state index in [0.717, 1.165) is 15.0 Å². The number of ether oxygens (including phenoxy) is 1. The summed E-state index contributed by atoms with van der Waals surface area (Å²) >= 11 is 1.62. The van der Waals surface area contributed by atoms with Crippen molar-refractivity contribution < 1.29 is 24.4 Å². The van der Waals surface area contributed by atoms with E-state index in [1.54, 1.807) is 23.5 Å². The molecule has 1 aliphatic heterocycles. The van der Waals surface area contributed by atoms with Gasteiger partial charge in [-0.15, -0.1) is 11.3 Å². The monoisotopic (exact) mass is 374 g/mol. The highest BCUT2D eigenvalue weighted by atomic mass is 32.1. The number of hydrogen-bond donors (Lipinski definition) is 3. The van der Waals surface area contributed by atoms with Crippen LogP contribution in [0.1, 0.15) is 22.1 Å². The molecule has 4 nitrogen and oxygen atoms in total. The van der Waals surface area contributed by atoms with E-state index in [-0.39, 0.29) is 12.4 Å². The Bertz CT molecular complexity index is 892. The first kappa shape index (κ1) is 17.6. The lowest BCUT2D eigenvalue weighted by molar-refractivity contribution is -0.189. The average molecular weight is 374 g/mol. The number of halogens is 1. The minimum absolute atomic E-state index is 0.0775. The van der Waals surface area contributed by atoms with Crippen LogP contribution in [0.15, 0.2) is 48.5 Å². The Labute approximate surface area is 154 Å². The Balaban J connectivity index is 1.62. The fourth-order valence-electron chi connectivity index (χ4n) is 3.32. The first-order valence-corrected chi connectivity index (χ1v) is 9.26. The van der Waals surface area contributed by atoms with Crippen molar-refractivity contribution in [1.82, 2.24) is 0 Å². The zero-order valence-corrected chi connectivity index (χ0v) is 14.7. The van der Waals surface area contributed by atoms with Crippen molar-refractivity contribution in [2.75, 3.05) is 6.61 Å². The molecular formula is C20H19FO4S. The second-order valence-electron chi connectivity index (χ2n) is 6.58. The lowest BCUT2D eigenvalue weighted by Gasteiger charge is -2.35. The van der Waals surface area contributed by atoms with Crippen LogP contribution in [-0.4, -0.2) is 40.2 Å². The number of thiophene rings is 1. The van der Waals surface area contributed by atoms with Crippen molar-refractivity contribution >= 4 is 21.4 Å². The maximum atomic E-state index is 14.3. The molecule has 1 aliphatic rings. The molecule has 0 unspecified atom stereocenters. The molecule has 0 radical (unpaired) electrons. The molecule has 1 saturated heterocycles. The van der Waals surface area contributed by atoms with Crippen LogP contribution in [0.4, 0.5) is 4.39 Å². The third-order valence-electron chi connectivity index (χ3n) is 4.74. The third-order valence-corrected chi connectivity index (χ3v) is 5.86. The van der Waals surface area contributed by atoms with Crippen molar-refractivity contribution in [3.63, 3.8) is 0 Å². The van der Waals surface area contributed by atoms with Crippen LogP contribution in [0.25, 0.3) is 10.1 Å². The van der Waals surface area contributed by atoms with Crippen LogP contribution in [0.5, 0.6) is 0 Å². The molecule has 2 aromatic carbocycles. The van der Waals surface area contributed by atoms with Gasteiger partial charge in [0, 0.05) is 16.0 Å². The van der Waals surface area contributed by atoms with Gasteiger partial charge in [0.05, 0.1) is 6.61 Å². The molecule has 3 N–H and O–H groups in total. The number of hydrogen-bond acceptors (Lipinski definition) is 5. The van der Waals surface area contributed by atoms with E-state index < -0.39 is 24.4 Å². The maximum absolute atomic E-state index is 14.3. The van der Waals surface area contributed by atoms with E-state index in [9.17, 15) is 19.7 Å². The molecule has 1 aromatic heterocycles. The Morgan fingerprint density at radius 3 is 2.65 bits per heavy atom. The van der Waals surface area contributed by atoms with Gasteiger partial charge in [0.25, 0.3) is 0 Å². The minimum Gasteiger partial charge on any atom is -0.388 e. The highest BCUT2D eigenvalue weighted by Gasteiger charge is 2.38. The Morgan fingerprint density at radius 1 is 1.04 bits per heavy atom. The normalized spacial score (nSPS) is 26.3. The Kier molecular flexibility index (Phi) is 4.77. The maximum Gasteiger partial charge on any atom is 0.126 e. The van der Waals surface area contributed by atoms with E-state index in [0.29, 0.717) is 17.5 Å². The van der Waals surface area contributed by atoms with Gasteiger partial charge in [-0.05, 0) is 40.8 Å². The number of fused-ring (bicyclic) bond motifs is 1.